The smallest absolute Gasteiger partial charge is 0.168 e. The fourth-order valence-corrected chi connectivity index (χ4v) is 8.25. The molecule has 6 heteroatoms. The van der Waals surface area contributed by atoms with Gasteiger partial charge in [0.1, 0.15) is 11.2 Å². The summed E-state index contributed by atoms with van der Waals surface area (Å²) in [7, 11) is 0. The van der Waals surface area contributed by atoms with Gasteiger partial charge in [0, 0.05) is 44.1 Å². The number of rotatable bonds is 5. The minimum absolute atomic E-state index is 0.0838. The molecule has 0 unspecified atom stereocenters. The van der Waals surface area contributed by atoms with E-state index in [-0.39, 0.29) is 28.6 Å². The highest BCUT2D eigenvalue weighted by Gasteiger charge is 2.29. The summed E-state index contributed by atoms with van der Waals surface area (Å²) in [5.74, 6) is -0.830. The second kappa shape index (κ2) is 12.3. The van der Waals surface area contributed by atoms with Crippen molar-refractivity contribution in [1.82, 2.24) is 24.1 Å². The second-order valence-electron chi connectivity index (χ2n) is 13.6. The molecular formula is C51H31N5O. The van der Waals surface area contributed by atoms with E-state index in [0.29, 0.717) is 33.5 Å². The Balaban J connectivity index is 1.37. The molecule has 12 rings (SSSR count). The number of para-hydroxylation sites is 5. The third kappa shape index (κ3) is 4.74. The molecule has 0 aliphatic heterocycles. The van der Waals surface area contributed by atoms with Crippen molar-refractivity contribution in [2.45, 2.75) is 0 Å². The van der Waals surface area contributed by atoms with Crippen molar-refractivity contribution in [3.05, 3.63) is 188 Å². The molecule has 57 heavy (non-hydrogen) atoms. The molecule has 0 bridgehead atoms. The molecule has 0 spiro atoms. The van der Waals surface area contributed by atoms with Crippen LogP contribution in [0.1, 0.15) is 13.7 Å². The summed E-state index contributed by atoms with van der Waals surface area (Å²) < 4.78 is 98.9. The topological polar surface area (TPSA) is 61.7 Å². The lowest BCUT2D eigenvalue weighted by Crippen LogP contribution is -2.08. The molecule has 0 atom stereocenters. The van der Waals surface area contributed by atoms with E-state index in [0.717, 1.165) is 49.0 Å². The molecule has 0 aliphatic rings. The van der Waals surface area contributed by atoms with Crippen LogP contribution in [0.25, 0.3) is 111 Å². The van der Waals surface area contributed by atoms with Crippen LogP contribution < -0.4 is 0 Å². The maximum absolute atomic E-state index is 9.10. The number of fused-ring (bicyclic) bond motifs is 9. The van der Waals surface area contributed by atoms with Gasteiger partial charge < -0.3 is 13.6 Å². The highest BCUT2D eigenvalue weighted by Crippen LogP contribution is 2.47. The van der Waals surface area contributed by atoms with Gasteiger partial charge in [-0.2, -0.15) is 0 Å². The Morgan fingerprint density at radius 3 is 1.35 bits per heavy atom. The zero-order chi connectivity index (χ0) is 46.2. The molecule has 0 amide bonds. The predicted octanol–water partition coefficient (Wildman–Crippen LogP) is 13.0. The number of furan rings is 1. The molecule has 0 N–H and O–H groups in total. The van der Waals surface area contributed by atoms with Crippen molar-refractivity contribution in [2.75, 3.05) is 0 Å². The average Bonchev–Trinajstić information content (AvgIpc) is 4.01. The average molecular weight is 740 g/mol. The lowest BCUT2D eigenvalue weighted by atomic mass is 10.0. The molecule has 4 heterocycles. The van der Waals surface area contributed by atoms with Gasteiger partial charge >= 0.3 is 0 Å². The monoisotopic (exact) mass is 739 g/mol. The van der Waals surface area contributed by atoms with E-state index in [1.54, 1.807) is 0 Å². The third-order valence-electron chi connectivity index (χ3n) is 10.6. The van der Waals surface area contributed by atoms with Crippen molar-refractivity contribution in [2.24, 2.45) is 0 Å². The number of hydrogen-bond donors (Lipinski definition) is 0. The molecule has 12 aromatic rings. The Labute approximate surface area is 340 Å². The molecular weight excluding hydrogens is 699 g/mol. The summed E-state index contributed by atoms with van der Waals surface area (Å²) in [6.45, 7) is 0. The van der Waals surface area contributed by atoms with Gasteiger partial charge in [-0.3, -0.25) is 0 Å². The van der Waals surface area contributed by atoms with Gasteiger partial charge in [-0.25, -0.2) is 15.0 Å². The second-order valence-corrected chi connectivity index (χ2v) is 13.6. The number of aromatic nitrogens is 5. The summed E-state index contributed by atoms with van der Waals surface area (Å²) in [6, 6.07) is 35.3. The van der Waals surface area contributed by atoms with Gasteiger partial charge in [-0.1, -0.05) is 151 Å². The van der Waals surface area contributed by atoms with Crippen LogP contribution in [-0.4, -0.2) is 24.1 Å². The fraction of sp³-hybridized carbons (Fsp3) is 0. The van der Waals surface area contributed by atoms with Crippen LogP contribution in [0.15, 0.2) is 192 Å². The van der Waals surface area contributed by atoms with Gasteiger partial charge in [0.2, 0.25) is 0 Å². The first-order valence-corrected chi connectivity index (χ1v) is 18.3. The Morgan fingerprint density at radius 1 is 0.421 bits per heavy atom. The van der Waals surface area contributed by atoms with Crippen LogP contribution in [0.3, 0.4) is 0 Å². The molecule has 0 aliphatic carbocycles. The van der Waals surface area contributed by atoms with Crippen LogP contribution in [0.4, 0.5) is 0 Å². The van der Waals surface area contributed by atoms with Crippen LogP contribution in [-0.2, 0) is 0 Å². The zero-order valence-electron chi connectivity index (χ0n) is 39.8. The number of nitrogens with zero attached hydrogens (tertiary/aromatic N) is 5. The number of benzene rings is 8. The number of hydrogen-bond acceptors (Lipinski definition) is 4. The van der Waals surface area contributed by atoms with E-state index < -0.39 is 60.4 Å². The Kier molecular flexibility index (Phi) is 5.02. The summed E-state index contributed by atoms with van der Waals surface area (Å²) in [6.07, 6.45) is 0. The maximum atomic E-state index is 9.10. The first kappa shape index (κ1) is 23.2. The van der Waals surface area contributed by atoms with Gasteiger partial charge in [-0.05, 0) is 30.3 Å². The summed E-state index contributed by atoms with van der Waals surface area (Å²) in [4.78, 5) is 14.8. The molecule has 0 saturated carbocycles. The van der Waals surface area contributed by atoms with Crippen molar-refractivity contribution in [3.8, 4) is 45.5 Å². The Hall–Kier alpha value is -7.83. The lowest BCUT2D eigenvalue weighted by molar-refractivity contribution is 0.668. The maximum Gasteiger partial charge on any atom is 0.168 e. The first-order chi connectivity index (χ1) is 32.4. The largest absolute Gasteiger partial charge is 0.456 e. The lowest BCUT2D eigenvalue weighted by Gasteiger charge is -2.21. The Bertz CT molecular complexity index is 3890. The van der Waals surface area contributed by atoms with E-state index in [4.69, 9.17) is 28.1 Å². The van der Waals surface area contributed by atoms with E-state index in [2.05, 4.69) is 14.1 Å². The quantitative estimate of drug-likeness (QED) is 0.176. The summed E-state index contributed by atoms with van der Waals surface area (Å²) in [5.41, 5.74) is 5.12. The molecule has 0 fully saturated rings. The first-order valence-electron chi connectivity index (χ1n) is 23.3. The van der Waals surface area contributed by atoms with Crippen LogP contribution in [0.5, 0.6) is 0 Å². The van der Waals surface area contributed by atoms with E-state index in [1.165, 1.54) is 0 Å². The molecule has 4 aromatic heterocycles. The highest BCUT2D eigenvalue weighted by molar-refractivity contribution is 6.18. The molecule has 0 saturated heterocycles. The fourth-order valence-electron chi connectivity index (χ4n) is 8.25. The van der Waals surface area contributed by atoms with Crippen LogP contribution in [0, 0.1) is 0 Å². The minimum Gasteiger partial charge on any atom is -0.456 e. The van der Waals surface area contributed by atoms with Crippen LogP contribution in [0.2, 0.25) is 0 Å². The van der Waals surface area contributed by atoms with Gasteiger partial charge in [0.05, 0.1) is 58.1 Å². The SMILES string of the molecule is [2H]c1c([2H])c([2H])c(-c2nc(-c3c([2H])c([2H])c([2H])c([2H])c3[2H])nc(-c3c(-n4c5ccccc5c5ccccc54)cc4oc5ccccc5c4c3-n3c4ccccc4c4ccccc43)n2)c([2H])c1[2H]. The predicted molar refractivity (Wildman–Crippen MR) is 232 cm³/mol. The standard InChI is InChI=1S/C51H31N5O/c1-3-17-32(18-4-1)49-52-50(33-19-5-2-6-20-33)54-51(53-49)47-43(55-39-26-12-7-21-34(39)35-22-8-13-27-40(35)55)31-45-46(38-25-11-16-30-44(38)57-45)48(47)56-41-28-14-9-23-36(41)37-24-10-15-29-42(37)56/h1-31H/i1D,2D,3D,4D,5D,6D,17D,18D,19D,20D. The Morgan fingerprint density at radius 2 is 0.842 bits per heavy atom. The van der Waals surface area contributed by atoms with Gasteiger partial charge in [-0.15, -0.1) is 0 Å². The minimum atomic E-state index is -0.634. The van der Waals surface area contributed by atoms with Crippen molar-refractivity contribution in [3.63, 3.8) is 0 Å². The third-order valence-corrected chi connectivity index (χ3v) is 10.6. The molecule has 8 aromatic carbocycles. The molecule has 6 nitrogen and oxygen atoms in total. The summed E-state index contributed by atoms with van der Waals surface area (Å²) >= 11 is 0. The van der Waals surface area contributed by atoms with Gasteiger partial charge in [0.25, 0.3) is 0 Å². The van der Waals surface area contributed by atoms with E-state index in [9.17, 15) is 0 Å². The zero-order valence-corrected chi connectivity index (χ0v) is 29.8. The van der Waals surface area contributed by atoms with Crippen molar-refractivity contribution in [1.29, 1.82) is 0 Å². The van der Waals surface area contributed by atoms with Crippen molar-refractivity contribution >= 4 is 65.6 Å². The summed E-state index contributed by atoms with van der Waals surface area (Å²) in [5, 5.41) is 5.22. The van der Waals surface area contributed by atoms with Gasteiger partial charge in [0.15, 0.2) is 17.5 Å². The van der Waals surface area contributed by atoms with Crippen molar-refractivity contribution < 1.29 is 18.1 Å². The molecule has 0 radical (unpaired) electrons. The van der Waals surface area contributed by atoms with E-state index in [1.807, 2.05) is 127 Å². The van der Waals surface area contributed by atoms with Crippen LogP contribution >= 0.6 is 0 Å². The van der Waals surface area contributed by atoms with E-state index >= 15 is 0 Å². The highest BCUT2D eigenvalue weighted by atomic mass is 16.3. The normalized spacial score (nSPS) is 14.3. The molecule has 266 valence electrons.